The molecule has 0 radical (unpaired) electrons. The van der Waals surface area contributed by atoms with Gasteiger partial charge in [-0.3, -0.25) is 4.79 Å². The summed E-state index contributed by atoms with van der Waals surface area (Å²) in [4.78, 5) is 12.3. The van der Waals surface area contributed by atoms with Gasteiger partial charge in [-0.15, -0.1) is 0 Å². The lowest BCUT2D eigenvalue weighted by Gasteiger charge is -2.40. The van der Waals surface area contributed by atoms with E-state index in [2.05, 4.69) is 22.6 Å². The van der Waals surface area contributed by atoms with Crippen LogP contribution >= 0.6 is 22.6 Å². The van der Waals surface area contributed by atoms with Crippen molar-refractivity contribution in [1.82, 2.24) is 0 Å². The Morgan fingerprint density at radius 2 is 2.26 bits per heavy atom. The Labute approximate surface area is 127 Å². The number of carbonyl (C=O) groups excluding carboxylic acids is 1. The molecule has 0 amide bonds. The van der Waals surface area contributed by atoms with Crippen molar-refractivity contribution < 1.29 is 14.6 Å². The fourth-order valence-electron chi connectivity index (χ4n) is 2.84. The average Bonchev–Trinajstić information content (AvgIpc) is 2.43. The fourth-order valence-corrected chi connectivity index (χ4v) is 3.80. The first kappa shape index (κ1) is 14.8. The van der Waals surface area contributed by atoms with Gasteiger partial charge in [-0.05, 0) is 37.3 Å². The second kappa shape index (κ2) is 6.22. The molecule has 0 bridgehead atoms. The molecule has 4 heteroatoms. The summed E-state index contributed by atoms with van der Waals surface area (Å²) in [6.07, 6.45) is 1.38. The molecule has 1 aliphatic rings. The smallest absolute Gasteiger partial charge is 0.315 e. The zero-order chi connectivity index (χ0) is 13.9. The number of rotatable bonds is 4. The van der Waals surface area contributed by atoms with Crippen LogP contribution in [0, 0.1) is 5.41 Å². The molecule has 0 fully saturated rings. The Bertz CT molecular complexity index is 460. The van der Waals surface area contributed by atoms with Crippen molar-refractivity contribution in [3.63, 3.8) is 0 Å². The van der Waals surface area contributed by atoms with Crippen LogP contribution in [0.5, 0.6) is 0 Å². The molecule has 0 aliphatic heterocycles. The molecule has 0 saturated heterocycles. The predicted octanol–water partition coefficient (Wildman–Crippen LogP) is 3.04. The van der Waals surface area contributed by atoms with Crippen LogP contribution in [0.25, 0.3) is 0 Å². The lowest BCUT2D eigenvalue weighted by Crippen LogP contribution is -2.42. The number of aliphatic hydroxyl groups is 1. The number of aliphatic hydroxyl groups excluding tert-OH is 1. The quantitative estimate of drug-likeness (QED) is 0.501. The molecule has 0 heterocycles. The van der Waals surface area contributed by atoms with Crippen molar-refractivity contribution in [2.24, 2.45) is 5.41 Å². The van der Waals surface area contributed by atoms with E-state index in [4.69, 9.17) is 4.74 Å². The van der Waals surface area contributed by atoms with Crippen molar-refractivity contribution in [3.8, 4) is 0 Å². The van der Waals surface area contributed by atoms with Crippen molar-refractivity contribution in [2.75, 3.05) is 11.0 Å². The van der Waals surface area contributed by atoms with E-state index in [1.54, 1.807) is 6.92 Å². The number of hydrogen-bond acceptors (Lipinski definition) is 3. The maximum atomic E-state index is 12.3. The van der Waals surface area contributed by atoms with Crippen LogP contribution in [-0.2, 0) is 16.0 Å². The van der Waals surface area contributed by atoms with E-state index in [1.807, 2.05) is 24.3 Å². The lowest BCUT2D eigenvalue weighted by molar-refractivity contribution is -0.165. The van der Waals surface area contributed by atoms with Gasteiger partial charge < -0.3 is 9.84 Å². The topological polar surface area (TPSA) is 46.5 Å². The maximum Gasteiger partial charge on any atom is 0.315 e. The number of halogens is 1. The molecular weight excluding hydrogens is 355 g/mol. The Hall–Kier alpha value is -0.620. The molecule has 1 aromatic carbocycles. The van der Waals surface area contributed by atoms with E-state index in [9.17, 15) is 9.90 Å². The summed E-state index contributed by atoms with van der Waals surface area (Å²) >= 11 is 2.25. The summed E-state index contributed by atoms with van der Waals surface area (Å²) in [6, 6.07) is 7.83. The normalized spacial score (nSPS) is 25.7. The third kappa shape index (κ3) is 2.65. The van der Waals surface area contributed by atoms with Gasteiger partial charge >= 0.3 is 5.97 Å². The zero-order valence-corrected chi connectivity index (χ0v) is 13.2. The molecule has 0 spiro atoms. The van der Waals surface area contributed by atoms with E-state index < -0.39 is 11.5 Å². The fraction of sp³-hybridized carbons (Fsp3) is 0.533. The summed E-state index contributed by atoms with van der Waals surface area (Å²) in [5, 5.41) is 10.7. The Kier molecular flexibility index (Phi) is 4.84. The number of fused-ring (bicyclic) bond motifs is 1. The van der Waals surface area contributed by atoms with Crippen molar-refractivity contribution in [3.05, 3.63) is 35.4 Å². The molecule has 1 aliphatic carbocycles. The maximum absolute atomic E-state index is 12.3. The predicted molar refractivity (Wildman–Crippen MR) is 82.3 cm³/mol. The molecule has 2 atom stereocenters. The first-order valence-electron chi connectivity index (χ1n) is 6.64. The van der Waals surface area contributed by atoms with Crippen molar-refractivity contribution in [2.45, 2.75) is 32.3 Å². The number of hydrogen-bond donors (Lipinski definition) is 1. The second-order valence-corrected chi connectivity index (χ2v) is 6.00. The first-order valence-corrected chi connectivity index (χ1v) is 8.17. The summed E-state index contributed by atoms with van der Waals surface area (Å²) in [6.45, 7) is 2.16. The number of esters is 1. The Balaban J connectivity index is 2.38. The van der Waals surface area contributed by atoms with Gasteiger partial charge in [-0.1, -0.05) is 46.9 Å². The monoisotopic (exact) mass is 374 g/mol. The summed E-state index contributed by atoms with van der Waals surface area (Å²) in [5.41, 5.74) is 1.25. The third-order valence-corrected chi connectivity index (χ3v) is 4.48. The van der Waals surface area contributed by atoms with Gasteiger partial charge in [0.05, 0.1) is 18.1 Å². The zero-order valence-electron chi connectivity index (χ0n) is 11.1. The second-order valence-electron chi connectivity index (χ2n) is 4.92. The van der Waals surface area contributed by atoms with Gasteiger partial charge in [0, 0.05) is 4.43 Å². The number of ether oxygens (including phenoxy) is 1. The minimum absolute atomic E-state index is 0.256. The van der Waals surface area contributed by atoms with Crippen LogP contribution in [0.4, 0.5) is 0 Å². The molecule has 0 aromatic heterocycles. The van der Waals surface area contributed by atoms with Gasteiger partial charge in [-0.2, -0.15) is 0 Å². The van der Waals surface area contributed by atoms with Crippen LogP contribution in [0.2, 0.25) is 0 Å². The Morgan fingerprint density at radius 3 is 2.95 bits per heavy atom. The van der Waals surface area contributed by atoms with Gasteiger partial charge in [0.25, 0.3) is 0 Å². The van der Waals surface area contributed by atoms with Crippen LogP contribution in [0.1, 0.15) is 37.0 Å². The number of alkyl halides is 1. The Morgan fingerprint density at radius 1 is 1.53 bits per heavy atom. The molecule has 104 valence electrons. The number of aryl methyl sites for hydroxylation is 1. The van der Waals surface area contributed by atoms with Gasteiger partial charge in [0.1, 0.15) is 0 Å². The van der Waals surface area contributed by atoms with E-state index in [-0.39, 0.29) is 5.97 Å². The lowest BCUT2D eigenvalue weighted by atomic mass is 9.67. The molecule has 1 N–H and O–H groups in total. The first-order chi connectivity index (χ1) is 9.15. The van der Waals surface area contributed by atoms with E-state index >= 15 is 0 Å². The minimum atomic E-state index is -0.772. The highest BCUT2D eigenvalue weighted by atomic mass is 127. The van der Waals surface area contributed by atoms with Crippen molar-refractivity contribution in [1.29, 1.82) is 0 Å². The van der Waals surface area contributed by atoms with Crippen LogP contribution in [-0.4, -0.2) is 22.1 Å². The molecule has 19 heavy (non-hydrogen) atoms. The summed E-state index contributed by atoms with van der Waals surface area (Å²) in [7, 11) is 0. The van der Waals surface area contributed by atoms with E-state index in [0.717, 1.165) is 22.0 Å². The summed E-state index contributed by atoms with van der Waals surface area (Å²) in [5.74, 6) is -0.256. The SMILES string of the molecule is CCOC(=O)C1(CCI)CCc2ccccc2C1O. The standard InChI is InChI=1S/C15H19IO3/c1-2-19-14(18)15(9-10-16)8-7-11-5-3-4-6-12(11)13(15)17/h3-6,13,17H,2,7-10H2,1H3. The molecular formula is C15H19IO3. The number of benzene rings is 1. The van der Waals surface area contributed by atoms with Crippen LogP contribution in [0.15, 0.2) is 24.3 Å². The van der Waals surface area contributed by atoms with Crippen LogP contribution < -0.4 is 0 Å². The highest BCUT2D eigenvalue weighted by molar-refractivity contribution is 14.1. The van der Waals surface area contributed by atoms with E-state index in [1.165, 1.54) is 0 Å². The van der Waals surface area contributed by atoms with Gasteiger partial charge in [0.2, 0.25) is 0 Å². The average molecular weight is 374 g/mol. The molecule has 2 rings (SSSR count). The van der Waals surface area contributed by atoms with Gasteiger partial charge in [-0.25, -0.2) is 0 Å². The number of carbonyl (C=O) groups is 1. The molecule has 1 aromatic rings. The molecule has 3 nitrogen and oxygen atoms in total. The highest BCUT2D eigenvalue weighted by Gasteiger charge is 2.49. The van der Waals surface area contributed by atoms with Gasteiger partial charge in [0.15, 0.2) is 0 Å². The third-order valence-electron chi connectivity index (χ3n) is 3.94. The van der Waals surface area contributed by atoms with Crippen molar-refractivity contribution >= 4 is 28.6 Å². The minimum Gasteiger partial charge on any atom is -0.465 e. The van der Waals surface area contributed by atoms with E-state index in [0.29, 0.717) is 19.4 Å². The van der Waals surface area contributed by atoms with Crippen LogP contribution in [0.3, 0.4) is 0 Å². The largest absolute Gasteiger partial charge is 0.465 e. The highest BCUT2D eigenvalue weighted by Crippen LogP contribution is 2.47. The molecule has 2 unspecified atom stereocenters. The summed E-state index contributed by atoms with van der Waals surface area (Å²) < 4.78 is 6.05. The molecule has 0 saturated carbocycles.